The van der Waals surface area contributed by atoms with Gasteiger partial charge in [0.1, 0.15) is 5.92 Å². The van der Waals surface area contributed by atoms with Crippen molar-refractivity contribution in [3.05, 3.63) is 53.6 Å². The van der Waals surface area contributed by atoms with Crippen LogP contribution in [0.3, 0.4) is 0 Å². The number of halogens is 4. The first-order valence-electron chi connectivity index (χ1n) is 13.3. The highest BCUT2D eigenvalue weighted by Crippen LogP contribution is 2.36. The number of aromatic nitrogens is 1. The van der Waals surface area contributed by atoms with Gasteiger partial charge in [-0.1, -0.05) is 6.07 Å². The molecule has 13 heteroatoms. The van der Waals surface area contributed by atoms with Gasteiger partial charge in [0, 0.05) is 69.9 Å². The van der Waals surface area contributed by atoms with Gasteiger partial charge in [0.25, 0.3) is 5.91 Å². The van der Waals surface area contributed by atoms with Crippen LogP contribution in [-0.4, -0.2) is 98.5 Å². The van der Waals surface area contributed by atoms with Gasteiger partial charge < -0.3 is 19.9 Å². The number of dihydropyridines is 1. The van der Waals surface area contributed by atoms with Crippen LogP contribution >= 0.6 is 0 Å². The van der Waals surface area contributed by atoms with E-state index >= 15 is 4.39 Å². The largest absolute Gasteiger partial charge is 0.414 e. The highest BCUT2D eigenvalue weighted by atomic mass is 19.4. The highest BCUT2D eigenvalue weighted by molar-refractivity contribution is 6.11. The van der Waals surface area contributed by atoms with E-state index in [4.69, 9.17) is 4.74 Å². The molecule has 0 bridgehead atoms. The third-order valence-corrected chi connectivity index (χ3v) is 7.39. The number of piperazine rings is 1. The van der Waals surface area contributed by atoms with E-state index in [0.717, 1.165) is 31.7 Å². The molecule has 2 amide bonds. The Bertz CT molecular complexity index is 1370. The van der Waals surface area contributed by atoms with E-state index in [1.165, 1.54) is 6.20 Å². The molecule has 2 fully saturated rings. The number of hydrogen-bond donors (Lipinski definition) is 1. The minimum atomic E-state index is -4.90. The van der Waals surface area contributed by atoms with Crippen molar-refractivity contribution in [2.75, 3.05) is 69.7 Å². The van der Waals surface area contributed by atoms with Crippen molar-refractivity contribution in [2.45, 2.75) is 12.7 Å². The second-order valence-corrected chi connectivity index (χ2v) is 10.3. The van der Waals surface area contributed by atoms with Crippen molar-refractivity contribution < 1.29 is 31.9 Å². The summed E-state index contributed by atoms with van der Waals surface area (Å²) < 4.78 is 61.4. The number of nitrogens with one attached hydrogen (secondary N) is 1. The lowest BCUT2D eigenvalue weighted by atomic mass is 9.95. The third-order valence-electron chi connectivity index (χ3n) is 7.39. The molecule has 0 saturated carbocycles. The van der Waals surface area contributed by atoms with Crippen LogP contribution in [0.1, 0.15) is 5.56 Å². The van der Waals surface area contributed by atoms with E-state index < -0.39 is 35.4 Å². The summed E-state index contributed by atoms with van der Waals surface area (Å²) >= 11 is 0. The zero-order valence-electron chi connectivity index (χ0n) is 22.5. The topological polar surface area (TPSA) is 90.4 Å². The molecule has 4 heterocycles. The second-order valence-electron chi connectivity index (χ2n) is 10.3. The number of benzene rings is 1. The van der Waals surface area contributed by atoms with Crippen LogP contribution in [0, 0.1) is 11.9 Å². The maximum atomic E-state index is 15.0. The Balaban J connectivity index is 1.48. The lowest BCUT2D eigenvalue weighted by Gasteiger charge is -2.35. The first-order chi connectivity index (χ1) is 19.6. The average Bonchev–Trinajstić information content (AvgIpc) is 2.94. The number of hydrogen-bond acceptors (Lipinski definition) is 7. The molecule has 1 aromatic carbocycles. The van der Waals surface area contributed by atoms with Gasteiger partial charge in [-0.2, -0.15) is 17.6 Å². The molecular weight excluding hydrogens is 544 g/mol. The monoisotopic (exact) mass is 574 g/mol. The first kappa shape index (κ1) is 28.8. The highest BCUT2D eigenvalue weighted by Gasteiger charge is 2.43. The number of carbonyl (C=O) groups is 2. The SMILES string of the molecule is CN1CCN(c2ccc(-c3cc(CN4CCOCC4)cnc3F)cc2NC(=O)C2C=NC(=O)C=C2C(F)(F)F)CC1. The van der Waals surface area contributed by atoms with Gasteiger partial charge >= 0.3 is 6.18 Å². The zero-order valence-corrected chi connectivity index (χ0v) is 22.5. The lowest BCUT2D eigenvalue weighted by molar-refractivity contribution is -0.124. The summed E-state index contributed by atoms with van der Waals surface area (Å²) in [7, 11) is 1.98. The number of alkyl halides is 3. The van der Waals surface area contributed by atoms with Crippen molar-refractivity contribution in [2.24, 2.45) is 10.9 Å². The molecule has 1 atom stereocenters. The van der Waals surface area contributed by atoms with E-state index in [1.807, 2.05) is 11.9 Å². The summed E-state index contributed by atoms with van der Waals surface area (Å²) in [5.41, 5.74) is 0.928. The van der Waals surface area contributed by atoms with Crippen molar-refractivity contribution in [1.82, 2.24) is 14.8 Å². The molecule has 41 heavy (non-hydrogen) atoms. The first-order valence-corrected chi connectivity index (χ1v) is 13.3. The smallest absolute Gasteiger partial charge is 0.379 e. The van der Waals surface area contributed by atoms with E-state index in [-0.39, 0.29) is 11.3 Å². The number of aliphatic imine (C=N–C) groups is 1. The van der Waals surface area contributed by atoms with Crippen molar-refractivity contribution in [3.63, 3.8) is 0 Å². The Morgan fingerprint density at radius 3 is 2.54 bits per heavy atom. The van der Waals surface area contributed by atoms with Crippen molar-refractivity contribution >= 4 is 29.4 Å². The van der Waals surface area contributed by atoms with Gasteiger partial charge in [-0.25, -0.2) is 9.98 Å². The van der Waals surface area contributed by atoms with Gasteiger partial charge in [-0.05, 0) is 36.4 Å². The maximum absolute atomic E-state index is 15.0. The summed E-state index contributed by atoms with van der Waals surface area (Å²) in [6.07, 6.45) is -2.38. The number of anilines is 2. The Kier molecular flexibility index (Phi) is 8.47. The predicted molar refractivity (Wildman–Crippen MR) is 145 cm³/mol. The summed E-state index contributed by atoms with van der Waals surface area (Å²) in [5, 5.41) is 2.61. The number of carbonyl (C=O) groups excluding carboxylic acids is 2. The number of morpholine rings is 1. The van der Waals surface area contributed by atoms with Gasteiger partial charge in [0.05, 0.1) is 30.2 Å². The Hall–Kier alpha value is -3.68. The number of likely N-dealkylation sites (N-methyl/N-ethyl adjacent to an activating group) is 1. The summed E-state index contributed by atoms with van der Waals surface area (Å²) in [4.78, 5) is 38.5. The second kappa shape index (κ2) is 12.0. The molecule has 2 aromatic rings. The Labute approximate surface area is 234 Å². The molecule has 0 aliphatic carbocycles. The molecule has 0 spiro atoms. The summed E-state index contributed by atoms with van der Waals surface area (Å²) in [5.74, 6) is -4.61. The normalized spacial score (nSPS) is 20.7. The molecule has 1 aromatic heterocycles. The van der Waals surface area contributed by atoms with Crippen LogP contribution in [0.5, 0.6) is 0 Å². The molecule has 3 aliphatic heterocycles. The number of pyridine rings is 1. The average molecular weight is 575 g/mol. The Morgan fingerprint density at radius 2 is 1.83 bits per heavy atom. The summed E-state index contributed by atoms with van der Waals surface area (Å²) in [6.45, 7) is 6.00. The zero-order chi connectivity index (χ0) is 29.1. The molecule has 3 aliphatic rings. The third kappa shape index (κ3) is 6.80. The minimum Gasteiger partial charge on any atom is -0.379 e. The van der Waals surface area contributed by atoms with Crippen LogP contribution in [0.25, 0.3) is 11.1 Å². The molecule has 1 N–H and O–H groups in total. The fourth-order valence-electron chi connectivity index (χ4n) is 5.09. The predicted octanol–water partition coefficient (Wildman–Crippen LogP) is 3.13. The standard InChI is InChI=1S/C28H30F4N6O3/c1-36-4-6-38(7-5-36)24-3-2-19(20-12-18(15-34-26(20)29)17-37-8-10-41-11-9-37)13-23(24)35-27(40)21-16-33-25(39)14-22(21)28(30,31)32/h2-3,12-16,21H,4-11,17H2,1H3,(H,35,40). The molecule has 2 saturated heterocycles. The fraction of sp³-hybridized carbons (Fsp3) is 0.429. The van der Waals surface area contributed by atoms with Gasteiger partial charge in [0.2, 0.25) is 11.9 Å². The van der Waals surface area contributed by atoms with Crippen LogP contribution in [0.15, 0.2) is 47.1 Å². The molecule has 0 radical (unpaired) electrons. The van der Waals surface area contributed by atoms with Crippen LogP contribution in [0.4, 0.5) is 28.9 Å². The van der Waals surface area contributed by atoms with Crippen molar-refractivity contribution in [1.29, 1.82) is 0 Å². The number of ether oxygens (including phenoxy) is 1. The number of nitrogens with zero attached hydrogens (tertiary/aromatic N) is 5. The summed E-state index contributed by atoms with van der Waals surface area (Å²) in [6, 6.07) is 6.68. The molecule has 5 rings (SSSR count). The van der Waals surface area contributed by atoms with Crippen LogP contribution in [-0.2, 0) is 20.9 Å². The molecular formula is C28H30F4N6O3. The van der Waals surface area contributed by atoms with Crippen LogP contribution in [0.2, 0.25) is 0 Å². The molecule has 9 nitrogen and oxygen atoms in total. The van der Waals surface area contributed by atoms with Crippen molar-refractivity contribution in [3.8, 4) is 11.1 Å². The van der Waals surface area contributed by atoms with E-state index in [9.17, 15) is 22.8 Å². The maximum Gasteiger partial charge on any atom is 0.414 e. The molecule has 218 valence electrons. The quantitative estimate of drug-likeness (QED) is 0.419. The van der Waals surface area contributed by atoms with Gasteiger partial charge in [0.15, 0.2) is 0 Å². The number of rotatable bonds is 6. The Morgan fingerprint density at radius 1 is 1.10 bits per heavy atom. The number of amides is 2. The van der Waals surface area contributed by atoms with E-state index in [2.05, 4.69) is 25.1 Å². The van der Waals surface area contributed by atoms with Gasteiger partial charge in [-0.15, -0.1) is 0 Å². The molecule has 1 unspecified atom stereocenters. The lowest BCUT2D eigenvalue weighted by Crippen LogP contribution is -2.44. The van der Waals surface area contributed by atoms with Crippen LogP contribution < -0.4 is 10.2 Å². The van der Waals surface area contributed by atoms with Gasteiger partial charge in [-0.3, -0.25) is 14.5 Å². The minimum absolute atomic E-state index is 0.205. The van der Waals surface area contributed by atoms with E-state index in [0.29, 0.717) is 56.4 Å². The van der Waals surface area contributed by atoms with E-state index in [1.54, 1.807) is 24.3 Å². The fourth-order valence-corrected chi connectivity index (χ4v) is 5.09.